The van der Waals surface area contributed by atoms with Crippen LogP contribution in [0.25, 0.3) is 17.0 Å². The van der Waals surface area contributed by atoms with Crippen LogP contribution in [0.3, 0.4) is 0 Å². The van der Waals surface area contributed by atoms with Crippen molar-refractivity contribution in [3.8, 4) is 0 Å². The molecule has 1 aromatic carbocycles. The monoisotopic (exact) mass is 183 g/mol. The number of allylic oxidation sites excluding steroid dienone is 1. The Kier molecular flexibility index (Phi) is 1.54. The van der Waals surface area contributed by atoms with E-state index in [1.165, 1.54) is 34.2 Å². The van der Waals surface area contributed by atoms with Gasteiger partial charge in [-0.3, -0.25) is 0 Å². The zero-order valence-corrected chi connectivity index (χ0v) is 8.30. The fraction of sp³-hybridized carbons (Fsp3) is 0.231. The van der Waals surface area contributed by atoms with Crippen LogP contribution >= 0.6 is 0 Å². The van der Waals surface area contributed by atoms with Gasteiger partial charge in [0, 0.05) is 22.2 Å². The number of nitrogens with one attached hydrogen (secondary N) is 1. The lowest BCUT2D eigenvalue weighted by Crippen LogP contribution is -1.95. The molecule has 0 atom stereocenters. The highest BCUT2D eigenvalue weighted by Gasteiger charge is 2.12. The van der Waals surface area contributed by atoms with E-state index in [-0.39, 0.29) is 0 Å². The smallest absolute Gasteiger partial charge is 0.0462 e. The summed E-state index contributed by atoms with van der Waals surface area (Å²) < 4.78 is 0. The van der Waals surface area contributed by atoms with Crippen molar-refractivity contribution in [1.82, 2.24) is 4.98 Å². The normalized spacial score (nSPS) is 15.4. The van der Waals surface area contributed by atoms with Gasteiger partial charge in [-0.1, -0.05) is 29.8 Å². The Labute approximate surface area is 83.5 Å². The second-order valence-corrected chi connectivity index (χ2v) is 4.05. The van der Waals surface area contributed by atoms with E-state index in [0.717, 1.165) is 6.42 Å². The molecule has 1 aliphatic rings. The van der Waals surface area contributed by atoms with E-state index in [1.54, 1.807) is 0 Å². The van der Waals surface area contributed by atoms with Crippen LogP contribution in [-0.2, 0) is 6.42 Å². The van der Waals surface area contributed by atoms with Crippen molar-refractivity contribution in [3.05, 3.63) is 41.1 Å². The third-order valence-electron chi connectivity index (χ3n) is 2.99. The Bertz CT molecular complexity index is 517. The van der Waals surface area contributed by atoms with Crippen LogP contribution < -0.4 is 0 Å². The Balaban J connectivity index is 2.37. The molecule has 0 unspecified atom stereocenters. The van der Waals surface area contributed by atoms with Crippen molar-refractivity contribution in [2.24, 2.45) is 0 Å². The Morgan fingerprint density at radius 2 is 2.00 bits per heavy atom. The van der Waals surface area contributed by atoms with Gasteiger partial charge in [-0.05, 0) is 25.8 Å². The maximum Gasteiger partial charge on any atom is 0.0462 e. The molecule has 0 saturated carbocycles. The summed E-state index contributed by atoms with van der Waals surface area (Å²) in [6.07, 6.45) is 4.67. The van der Waals surface area contributed by atoms with Gasteiger partial charge in [0.25, 0.3) is 0 Å². The number of aryl methyl sites for hydroxylation is 1. The number of rotatable bonds is 0. The first-order chi connectivity index (χ1) is 6.84. The van der Waals surface area contributed by atoms with Crippen LogP contribution in [0, 0.1) is 0 Å². The number of aromatic nitrogens is 1. The molecular weight excluding hydrogens is 170 g/mol. The molecule has 1 nitrogen and oxygen atoms in total. The predicted octanol–water partition coefficient (Wildman–Crippen LogP) is 3.52. The average molecular weight is 183 g/mol. The number of benzene rings is 1. The molecule has 0 spiro atoms. The zero-order valence-electron chi connectivity index (χ0n) is 8.30. The van der Waals surface area contributed by atoms with Crippen LogP contribution in [0.4, 0.5) is 0 Å². The summed E-state index contributed by atoms with van der Waals surface area (Å²) >= 11 is 0. The van der Waals surface area contributed by atoms with Crippen LogP contribution in [0.5, 0.6) is 0 Å². The predicted molar refractivity (Wildman–Crippen MR) is 60.3 cm³/mol. The second kappa shape index (κ2) is 2.74. The van der Waals surface area contributed by atoms with E-state index in [2.05, 4.69) is 42.2 Å². The van der Waals surface area contributed by atoms with E-state index in [4.69, 9.17) is 0 Å². The molecule has 0 amide bonds. The molecule has 1 aliphatic carbocycles. The number of H-pyrrole nitrogens is 1. The van der Waals surface area contributed by atoms with Crippen molar-refractivity contribution in [3.63, 3.8) is 0 Å². The minimum absolute atomic E-state index is 1.16. The van der Waals surface area contributed by atoms with Gasteiger partial charge in [-0.25, -0.2) is 0 Å². The lowest BCUT2D eigenvalue weighted by atomic mass is 9.97. The number of hydrogen-bond donors (Lipinski definition) is 1. The summed E-state index contributed by atoms with van der Waals surface area (Å²) in [6, 6.07) is 8.53. The molecule has 1 aromatic heterocycles. The lowest BCUT2D eigenvalue weighted by Gasteiger charge is -2.08. The molecule has 2 aromatic rings. The van der Waals surface area contributed by atoms with Gasteiger partial charge in [0.05, 0.1) is 0 Å². The van der Waals surface area contributed by atoms with Gasteiger partial charge >= 0.3 is 0 Å². The highest BCUT2D eigenvalue weighted by atomic mass is 14.7. The summed E-state index contributed by atoms with van der Waals surface area (Å²) in [6.45, 7) is 2.21. The second-order valence-electron chi connectivity index (χ2n) is 4.05. The fourth-order valence-electron chi connectivity index (χ4n) is 2.22. The highest BCUT2D eigenvalue weighted by molar-refractivity contribution is 5.91. The van der Waals surface area contributed by atoms with Gasteiger partial charge < -0.3 is 4.98 Å². The average Bonchev–Trinajstić information content (AvgIpc) is 2.56. The molecule has 0 saturated heterocycles. The van der Waals surface area contributed by atoms with Crippen LogP contribution in [-0.4, -0.2) is 4.98 Å². The third-order valence-corrected chi connectivity index (χ3v) is 2.99. The number of fused-ring (bicyclic) bond motifs is 3. The number of aromatic amines is 1. The maximum atomic E-state index is 3.49. The van der Waals surface area contributed by atoms with Gasteiger partial charge in [0.15, 0.2) is 0 Å². The van der Waals surface area contributed by atoms with Crippen LogP contribution in [0.1, 0.15) is 24.6 Å². The largest absolute Gasteiger partial charge is 0.358 e. The molecule has 0 radical (unpaired) electrons. The van der Waals surface area contributed by atoms with E-state index in [9.17, 15) is 0 Å². The summed E-state index contributed by atoms with van der Waals surface area (Å²) in [4.78, 5) is 3.49. The van der Waals surface area contributed by atoms with Crippen LogP contribution in [0.2, 0.25) is 0 Å². The minimum Gasteiger partial charge on any atom is -0.358 e. The first-order valence-corrected chi connectivity index (χ1v) is 5.11. The molecule has 0 bridgehead atoms. The number of para-hydroxylation sites is 1. The first kappa shape index (κ1) is 7.86. The summed E-state index contributed by atoms with van der Waals surface area (Å²) in [5, 5.41) is 1.36. The lowest BCUT2D eigenvalue weighted by molar-refractivity contribution is 0.902. The van der Waals surface area contributed by atoms with Crippen LogP contribution in [0.15, 0.2) is 29.8 Å². The van der Waals surface area contributed by atoms with Crippen molar-refractivity contribution >= 4 is 17.0 Å². The first-order valence-electron chi connectivity index (χ1n) is 5.11. The van der Waals surface area contributed by atoms with E-state index in [0.29, 0.717) is 0 Å². The molecular formula is C13H13N. The molecule has 0 fully saturated rings. The SMILES string of the molecule is CC1=Cc2c([nH]c3ccccc23)CC1. The molecule has 1 N–H and O–H groups in total. The molecule has 0 aliphatic heterocycles. The molecule has 70 valence electrons. The Morgan fingerprint density at radius 1 is 1.14 bits per heavy atom. The Hall–Kier alpha value is -1.50. The van der Waals surface area contributed by atoms with Crippen molar-refractivity contribution in [1.29, 1.82) is 0 Å². The summed E-state index contributed by atoms with van der Waals surface area (Å²) in [7, 11) is 0. The summed E-state index contributed by atoms with van der Waals surface area (Å²) in [5.74, 6) is 0. The molecule has 14 heavy (non-hydrogen) atoms. The standard InChI is InChI=1S/C13H13N/c1-9-6-7-13-11(8-9)10-4-2-3-5-12(10)14-13/h2-5,8,14H,6-7H2,1H3. The number of hydrogen-bond acceptors (Lipinski definition) is 0. The maximum absolute atomic E-state index is 3.49. The van der Waals surface area contributed by atoms with E-state index >= 15 is 0 Å². The topological polar surface area (TPSA) is 15.8 Å². The minimum atomic E-state index is 1.16. The Morgan fingerprint density at radius 3 is 2.93 bits per heavy atom. The highest BCUT2D eigenvalue weighted by Crippen LogP contribution is 2.30. The fourth-order valence-corrected chi connectivity index (χ4v) is 2.22. The van der Waals surface area contributed by atoms with Gasteiger partial charge in [-0.15, -0.1) is 0 Å². The van der Waals surface area contributed by atoms with Crippen molar-refractivity contribution < 1.29 is 0 Å². The summed E-state index contributed by atoms with van der Waals surface area (Å²) in [5.41, 5.74) is 5.56. The van der Waals surface area contributed by atoms with Gasteiger partial charge in [-0.2, -0.15) is 0 Å². The third kappa shape index (κ3) is 1.02. The van der Waals surface area contributed by atoms with E-state index in [1.807, 2.05) is 0 Å². The molecule has 1 heterocycles. The van der Waals surface area contributed by atoms with Crippen molar-refractivity contribution in [2.75, 3.05) is 0 Å². The molecule has 1 heteroatoms. The van der Waals surface area contributed by atoms with Gasteiger partial charge in [0.2, 0.25) is 0 Å². The van der Waals surface area contributed by atoms with Gasteiger partial charge in [0.1, 0.15) is 0 Å². The molecule has 3 rings (SSSR count). The zero-order chi connectivity index (χ0) is 9.54. The quantitative estimate of drug-likeness (QED) is 0.643. The van der Waals surface area contributed by atoms with E-state index < -0.39 is 0 Å². The van der Waals surface area contributed by atoms with Crippen molar-refractivity contribution in [2.45, 2.75) is 19.8 Å².